The zero-order valence-electron chi connectivity index (χ0n) is 10.1. The molecule has 0 bridgehead atoms. The van der Waals surface area contributed by atoms with Crippen LogP contribution in [0.2, 0.25) is 0 Å². The van der Waals surface area contributed by atoms with E-state index in [1.807, 2.05) is 24.3 Å². The number of fused-ring (bicyclic) bond motifs is 1. The molecule has 1 aromatic heterocycles. The molecule has 0 saturated carbocycles. The van der Waals surface area contributed by atoms with Crippen LogP contribution in [0, 0.1) is 0 Å². The molecule has 18 heavy (non-hydrogen) atoms. The number of carbonyl (C=O) groups excluding carboxylic acids is 2. The molecule has 1 aromatic carbocycles. The molecule has 2 N–H and O–H groups in total. The van der Waals surface area contributed by atoms with Crippen LogP contribution < -0.4 is 5.73 Å². The molecule has 2 amide bonds. The highest BCUT2D eigenvalue weighted by Gasteiger charge is 2.15. The Labute approximate surface area is 104 Å². The summed E-state index contributed by atoms with van der Waals surface area (Å²) in [5, 5.41) is 1.03. The smallest absolute Gasteiger partial charge is 0.311 e. The van der Waals surface area contributed by atoms with Crippen molar-refractivity contribution < 1.29 is 14.0 Å². The molecule has 1 heterocycles. The number of para-hydroxylation sites is 1. The van der Waals surface area contributed by atoms with E-state index in [-0.39, 0.29) is 0 Å². The number of nitrogens with zero attached hydrogens (tertiary/aromatic N) is 1. The highest BCUT2D eigenvalue weighted by Crippen LogP contribution is 2.21. The van der Waals surface area contributed by atoms with Crippen molar-refractivity contribution >= 4 is 22.8 Å². The standard InChI is InChI=1S/C13H14N2O3/c1-15(13(17)12(14)16)7-6-9-8-18-11-5-3-2-4-10(9)11/h2-5,8H,6-7H2,1H3,(H2,14,16). The first-order valence-corrected chi connectivity index (χ1v) is 5.59. The lowest BCUT2D eigenvalue weighted by Crippen LogP contribution is -2.38. The quantitative estimate of drug-likeness (QED) is 0.818. The topological polar surface area (TPSA) is 76.5 Å². The minimum atomic E-state index is -0.936. The van der Waals surface area contributed by atoms with E-state index < -0.39 is 11.8 Å². The lowest BCUT2D eigenvalue weighted by atomic mass is 10.1. The van der Waals surface area contributed by atoms with Gasteiger partial charge in [0.2, 0.25) is 0 Å². The molecule has 2 aromatic rings. The molecular formula is C13H14N2O3. The maximum absolute atomic E-state index is 11.3. The summed E-state index contributed by atoms with van der Waals surface area (Å²) in [5.74, 6) is -1.61. The van der Waals surface area contributed by atoms with Gasteiger partial charge < -0.3 is 15.1 Å². The van der Waals surface area contributed by atoms with Gasteiger partial charge in [0.25, 0.3) is 0 Å². The fourth-order valence-corrected chi connectivity index (χ4v) is 1.80. The van der Waals surface area contributed by atoms with E-state index in [1.165, 1.54) is 4.90 Å². The first kappa shape index (κ1) is 12.2. The summed E-state index contributed by atoms with van der Waals surface area (Å²) >= 11 is 0. The van der Waals surface area contributed by atoms with Gasteiger partial charge in [-0.1, -0.05) is 18.2 Å². The number of likely N-dealkylation sites (N-methyl/N-ethyl adjacent to an activating group) is 1. The number of furan rings is 1. The molecule has 0 saturated heterocycles. The molecular weight excluding hydrogens is 232 g/mol. The molecule has 0 fully saturated rings. The van der Waals surface area contributed by atoms with Gasteiger partial charge in [0.15, 0.2) is 0 Å². The second-order valence-corrected chi connectivity index (χ2v) is 4.10. The van der Waals surface area contributed by atoms with Crippen molar-refractivity contribution in [3.63, 3.8) is 0 Å². The molecule has 0 radical (unpaired) electrons. The van der Waals surface area contributed by atoms with Crippen molar-refractivity contribution in [3.05, 3.63) is 36.1 Å². The first-order chi connectivity index (χ1) is 8.59. The Bertz CT molecular complexity index is 589. The Balaban J connectivity index is 2.06. The SMILES string of the molecule is CN(CCc1coc2ccccc12)C(=O)C(N)=O. The van der Waals surface area contributed by atoms with Gasteiger partial charge in [-0.2, -0.15) is 0 Å². The Morgan fingerprint density at radius 1 is 1.33 bits per heavy atom. The minimum absolute atomic E-state index is 0.422. The van der Waals surface area contributed by atoms with Crippen LogP contribution in [0.5, 0.6) is 0 Å². The van der Waals surface area contributed by atoms with Crippen molar-refractivity contribution in [1.29, 1.82) is 0 Å². The zero-order valence-corrected chi connectivity index (χ0v) is 10.1. The van der Waals surface area contributed by atoms with Crippen LogP contribution in [0.25, 0.3) is 11.0 Å². The van der Waals surface area contributed by atoms with Crippen LogP contribution in [0.1, 0.15) is 5.56 Å². The summed E-state index contributed by atoms with van der Waals surface area (Å²) in [7, 11) is 1.55. The number of hydrogen-bond acceptors (Lipinski definition) is 3. The summed E-state index contributed by atoms with van der Waals surface area (Å²) in [4.78, 5) is 23.3. The molecule has 5 nitrogen and oxygen atoms in total. The van der Waals surface area contributed by atoms with Crippen molar-refractivity contribution in [1.82, 2.24) is 4.90 Å². The van der Waals surface area contributed by atoms with Crippen LogP contribution in [0.4, 0.5) is 0 Å². The number of amides is 2. The van der Waals surface area contributed by atoms with E-state index in [2.05, 4.69) is 0 Å². The predicted octanol–water partition coefficient (Wildman–Crippen LogP) is 0.919. The summed E-state index contributed by atoms with van der Waals surface area (Å²) in [6, 6.07) is 7.68. The molecule has 94 valence electrons. The number of hydrogen-bond donors (Lipinski definition) is 1. The largest absolute Gasteiger partial charge is 0.464 e. The van der Waals surface area contributed by atoms with Crippen molar-refractivity contribution in [2.45, 2.75) is 6.42 Å². The lowest BCUT2D eigenvalue weighted by molar-refractivity contribution is -0.143. The third-order valence-corrected chi connectivity index (χ3v) is 2.84. The van der Waals surface area contributed by atoms with Gasteiger partial charge in [-0.05, 0) is 18.1 Å². The van der Waals surface area contributed by atoms with E-state index in [9.17, 15) is 9.59 Å². The van der Waals surface area contributed by atoms with E-state index in [4.69, 9.17) is 10.2 Å². The van der Waals surface area contributed by atoms with Crippen LogP contribution in [-0.2, 0) is 16.0 Å². The van der Waals surface area contributed by atoms with Gasteiger partial charge in [0, 0.05) is 19.0 Å². The average molecular weight is 246 g/mol. The van der Waals surface area contributed by atoms with Crippen LogP contribution in [0.15, 0.2) is 34.9 Å². The predicted molar refractivity (Wildman–Crippen MR) is 66.7 cm³/mol. The Morgan fingerprint density at radius 2 is 2.06 bits per heavy atom. The minimum Gasteiger partial charge on any atom is -0.464 e. The Morgan fingerprint density at radius 3 is 2.78 bits per heavy atom. The number of rotatable bonds is 3. The van der Waals surface area contributed by atoms with Gasteiger partial charge in [-0.15, -0.1) is 0 Å². The summed E-state index contributed by atoms with van der Waals surface area (Å²) in [6.45, 7) is 0.422. The van der Waals surface area contributed by atoms with Crippen LogP contribution in [-0.4, -0.2) is 30.3 Å². The van der Waals surface area contributed by atoms with Gasteiger partial charge in [0.1, 0.15) is 5.58 Å². The molecule has 0 unspecified atom stereocenters. The number of benzene rings is 1. The summed E-state index contributed by atoms with van der Waals surface area (Å²) in [5.41, 5.74) is 6.75. The normalized spacial score (nSPS) is 10.5. The van der Waals surface area contributed by atoms with Crippen LogP contribution >= 0.6 is 0 Å². The maximum Gasteiger partial charge on any atom is 0.311 e. The molecule has 0 aliphatic rings. The van der Waals surface area contributed by atoms with Crippen molar-refractivity contribution in [3.8, 4) is 0 Å². The zero-order chi connectivity index (χ0) is 13.1. The number of primary amides is 1. The van der Waals surface area contributed by atoms with Crippen molar-refractivity contribution in [2.75, 3.05) is 13.6 Å². The molecule has 0 aliphatic carbocycles. The van der Waals surface area contributed by atoms with Gasteiger partial charge in [-0.3, -0.25) is 9.59 Å². The van der Waals surface area contributed by atoms with Gasteiger partial charge >= 0.3 is 11.8 Å². The number of carbonyl (C=O) groups is 2. The second kappa shape index (κ2) is 4.91. The molecule has 0 atom stereocenters. The number of nitrogens with two attached hydrogens (primary N) is 1. The van der Waals surface area contributed by atoms with E-state index in [0.29, 0.717) is 13.0 Å². The van der Waals surface area contributed by atoms with E-state index >= 15 is 0 Å². The van der Waals surface area contributed by atoms with E-state index in [0.717, 1.165) is 16.5 Å². The Kier molecular flexibility index (Phi) is 3.32. The summed E-state index contributed by atoms with van der Waals surface area (Å²) < 4.78 is 5.39. The van der Waals surface area contributed by atoms with Gasteiger partial charge in [-0.25, -0.2) is 0 Å². The van der Waals surface area contributed by atoms with E-state index in [1.54, 1.807) is 13.3 Å². The summed E-state index contributed by atoms with van der Waals surface area (Å²) in [6.07, 6.45) is 2.29. The third kappa shape index (κ3) is 2.34. The fraction of sp³-hybridized carbons (Fsp3) is 0.231. The Hall–Kier alpha value is -2.30. The molecule has 0 aliphatic heterocycles. The molecule has 5 heteroatoms. The average Bonchev–Trinajstić information content (AvgIpc) is 2.78. The second-order valence-electron chi connectivity index (χ2n) is 4.10. The van der Waals surface area contributed by atoms with Gasteiger partial charge in [0.05, 0.1) is 6.26 Å². The monoisotopic (exact) mass is 246 g/mol. The third-order valence-electron chi connectivity index (χ3n) is 2.84. The highest BCUT2D eigenvalue weighted by atomic mass is 16.3. The fourth-order valence-electron chi connectivity index (χ4n) is 1.80. The van der Waals surface area contributed by atoms with Crippen molar-refractivity contribution in [2.24, 2.45) is 5.73 Å². The molecule has 2 rings (SSSR count). The lowest BCUT2D eigenvalue weighted by Gasteiger charge is -2.14. The highest BCUT2D eigenvalue weighted by molar-refractivity contribution is 6.34. The van der Waals surface area contributed by atoms with Crippen LogP contribution in [0.3, 0.4) is 0 Å². The molecule has 0 spiro atoms. The first-order valence-electron chi connectivity index (χ1n) is 5.59. The maximum atomic E-state index is 11.3.